The molecule has 2 amide bonds. The van der Waals surface area contributed by atoms with Crippen molar-refractivity contribution in [3.8, 4) is 6.19 Å². The molecule has 1 fully saturated rings. The van der Waals surface area contributed by atoms with Crippen LogP contribution < -0.4 is 5.73 Å². The van der Waals surface area contributed by atoms with Gasteiger partial charge in [-0.25, -0.2) is 0 Å². The number of hydrogen-bond acceptors (Lipinski definition) is 4. The summed E-state index contributed by atoms with van der Waals surface area (Å²) in [5.74, 6) is -0.747. The Morgan fingerprint density at radius 1 is 1.45 bits per heavy atom. The second kappa shape index (κ2) is 7.41. The van der Waals surface area contributed by atoms with Gasteiger partial charge in [-0.2, -0.15) is 5.26 Å². The van der Waals surface area contributed by atoms with Crippen LogP contribution in [-0.2, 0) is 4.79 Å². The molecule has 1 aliphatic rings. The van der Waals surface area contributed by atoms with E-state index in [1.165, 1.54) is 37.6 Å². The molecule has 2 rings (SSSR count). The average molecular weight is 319 g/mol. The summed E-state index contributed by atoms with van der Waals surface area (Å²) >= 11 is 1.37. The zero-order valence-corrected chi connectivity index (χ0v) is 13.6. The largest absolute Gasteiger partial charge is 0.366 e. The fourth-order valence-corrected chi connectivity index (χ4v) is 4.16. The minimum Gasteiger partial charge on any atom is -0.366 e. The zero-order chi connectivity index (χ0) is 16.1. The average Bonchev–Trinajstić information content (AvgIpc) is 3.01. The van der Waals surface area contributed by atoms with Gasteiger partial charge in [-0.05, 0) is 23.8 Å². The molecule has 0 saturated heterocycles. The maximum Gasteiger partial charge on any atom is 0.249 e. The Bertz CT molecular complexity index is 584. The summed E-state index contributed by atoms with van der Waals surface area (Å²) in [6.07, 6.45) is 8.39. The number of rotatable bonds is 5. The first-order valence-corrected chi connectivity index (χ1v) is 8.47. The quantitative estimate of drug-likeness (QED) is 0.668. The third-order valence-electron chi connectivity index (χ3n) is 4.35. The maximum atomic E-state index is 12.6. The third-order valence-corrected chi connectivity index (χ3v) is 5.38. The van der Waals surface area contributed by atoms with Gasteiger partial charge in [0.1, 0.15) is 0 Å². The van der Waals surface area contributed by atoms with Crippen molar-refractivity contribution in [2.75, 3.05) is 7.05 Å². The second-order valence-corrected chi connectivity index (χ2v) is 6.80. The Kier molecular flexibility index (Phi) is 5.56. The van der Waals surface area contributed by atoms with Crippen LogP contribution >= 0.6 is 11.3 Å². The van der Waals surface area contributed by atoms with E-state index in [1.54, 1.807) is 11.4 Å². The fraction of sp³-hybridized carbons (Fsp3) is 0.562. The first-order chi connectivity index (χ1) is 10.5. The van der Waals surface area contributed by atoms with Crippen LogP contribution in [0.15, 0.2) is 11.4 Å². The molecule has 5 nitrogen and oxygen atoms in total. The molecule has 1 saturated carbocycles. The first kappa shape index (κ1) is 16.5. The van der Waals surface area contributed by atoms with Crippen LogP contribution in [0.25, 0.3) is 0 Å². The molecule has 6 heteroatoms. The van der Waals surface area contributed by atoms with Gasteiger partial charge in [0.2, 0.25) is 11.8 Å². The lowest BCUT2D eigenvalue weighted by Crippen LogP contribution is -2.30. The highest BCUT2D eigenvalue weighted by atomic mass is 32.1. The van der Waals surface area contributed by atoms with Crippen LogP contribution in [0.4, 0.5) is 0 Å². The molecule has 0 aromatic carbocycles. The molecular weight excluding hydrogens is 298 g/mol. The van der Waals surface area contributed by atoms with E-state index in [0.29, 0.717) is 22.8 Å². The van der Waals surface area contributed by atoms with Gasteiger partial charge in [0.15, 0.2) is 6.19 Å². The van der Waals surface area contributed by atoms with E-state index in [4.69, 9.17) is 11.0 Å². The molecule has 1 aromatic heterocycles. The van der Waals surface area contributed by atoms with Gasteiger partial charge in [0.25, 0.3) is 0 Å². The Morgan fingerprint density at radius 2 is 2.14 bits per heavy atom. The summed E-state index contributed by atoms with van der Waals surface area (Å²) in [5, 5.41) is 10.8. The van der Waals surface area contributed by atoms with Crippen molar-refractivity contribution in [3.05, 3.63) is 21.9 Å². The predicted octanol–water partition coefficient (Wildman–Crippen LogP) is 2.84. The number of amides is 2. The molecule has 0 spiro atoms. The lowest BCUT2D eigenvalue weighted by Gasteiger charge is -2.26. The number of thiophene rings is 1. The lowest BCUT2D eigenvalue weighted by atomic mass is 9.81. The zero-order valence-electron chi connectivity index (χ0n) is 12.7. The van der Waals surface area contributed by atoms with E-state index in [9.17, 15) is 9.59 Å². The molecule has 2 N–H and O–H groups in total. The highest BCUT2D eigenvalue weighted by molar-refractivity contribution is 7.10. The number of nitriles is 1. The first-order valence-electron chi connectivity index (χ1n) is 7.59. The van der Waals surface area contributed by atoms with Crippen LogP contribution in [0.3, 0.4) is 0 Å². The fourth-order valence-electron chi connectivity index (χ4n) is 3.15. The Morgan fingerprint density at radius 3 is 2.73 bits per heavy atom. The summed E-state index contributed by atoms with van der Waals surface area (Å²) in [7, 11) is 1.47. The molecule has 0 radical (unpaired) electrons. The van der Waals surface area contributed by atoms with Crippen molar-refractivity contribution in [2.45, 2.75) is 44.4 Å². The minimum absolute atomic E-state index is 0.252. The van der Waals surface area contributed by atoms with Crippen molar-refractivity contribution in [1.29, 1.82) is 5.26 Å². The van der Waals surface area contributed by atoms with Crippen LogP contribution in [-0.4, -0.2) is 23.8 Å². The molecule has 1 heterocycles. The van der Waals surface area contributed by atoms with Crippen molar-refractivity contribution >= 4 is 23.2 Å². The standard InChI is InChI=1S/C16H21N3O2S/c1-19(10-17)16(21)13(9-11-5-3-2-4-6-11)14-12(15(18)20)7-8-22-14/h7-8,11,13H,2-6,9H2,1H3,(H2,18,20)/t13-/m1/s1. The van der Waals surface area contributed by atoms with Crippen molar-refractivity contribution in [3.63, 3.8) is 0 Å². The number of nitrogens with two attached hydrogens (primary N) is 1. The molecule has 118 valence electrons. The van der Waals surface area contributed by atoms with Gasteiger partial charge in [0.05, 0.1) is 11.5 Å². The number of nitrogens with zero attached hydrogens (tertiary/aromatic N) is 2. The molecule has 0 bridgehead atoms. The monoisotopic (exact) mass is 319 g/mol. The molecule has 22 heavy (non-hydrogen) atoms. The Balaban J connectivity index is 2.28. The van der Waals surface area contributed by atoms with Gasteiger partial charge in [-0.1, -0.05) is 32.1 Å². The lowest BCUT2D eigenvalue weighted by molar-refractivity contribution is -0.129. The maximum absolute atomic E-state index is 12.6. The van der Waals surface area contributed by atoms with Gasteiger partial charge in [0, 0.05) is 11.9 Å². The van der Waals surface area contributed by atoms with Gasteiger partial charge < -0.3 is 5.73 Å². The van der Waals surface area contributed by atoms with Crippen LogP contribution in [0.2, 0.25) is 0 Å². The smallest absolute Gasteiger partial charge is 0.249 e. The van der Waals surface area contributed by atoms with E-state index >= 15 is 0 Å². The number of hydrogen-bond donors (Lipinski definition) is 1. The van der Waals surface area contributed by atoms with Gasteiger partial charge >= 0.3 is 0 Å². The number of likely N-dealkylation sites (N-methyl/N-ethyl adjacent to an activating group) is 1. The van der Waals surface area contributed by atoms with E-state index in [-0.39, 0.29) is 5.91 Å². The minimum atomic E-state index is -0.516. The van der Waals surface area contributed by atoms with Crippen molar-refractivity contribution in [2.24, 2.45) is 11.7 Å². The summed E-state index contributed by atoms with van der Waals surface area (Å²) in [5.41, 5.74) is 5.82. The number of carbonyl (C=O) groups excluding carboxylic acids is 2. The normalized spacial score (nSPS) is 16.7. The number of carbonyl (C=O) groups is 2. The number of primary amides is 1. The van der Waals surface area contributed by atoms with Crippen LogP contribution in [0.1, 0.15) is 59.7 Å². The molecule has 0 unspecified atom stereocenters. The molecule has 1 aliphatic carbocycles. The van der Waals surface area contributed by atoms with Gasteiger partial charge in [-0.15, -0.1) is 11.3 Å². The summed E-state index contributed by atoms with van der Waals surface area (Å²) in [6.45, 7) is 0. The predicted molar refractivity (Wildman–Crippen MR) is 85.2 cm³/mol. The second-order valence-electron chi connectivity index (χ2n) is 5.85. The Hall–Kier alpha value is -1.87. The van der Waals surface area contributed by atoms with E-state index < -0.39 is 11.8 Å². The van der Waals surface area contributed by atoms with Gasteiger partial charge in [-0.3, -0.25) is 14.5 Å². The summed E-state index contributed by atoms with van der Waals surface area (Å²) in [6, 6.07) is 1.66. The summed E-state index contributed by atoms with van der Waals surface area (Å²) < 4.78 is 0. The molecule has 0 aliphatic heterocycles. The molecular formula is C16H21N3O2S. The molecule has 1 atom stereocenters. The highest BCUT2D eigenvalue weighted by Gasteiger charge is 2.31. The third kappa shape index (κ3) is 3.66. The van der Waals surface area contributed by atoms with Crippen molar-refractivity contribution < 1.29 is 9.59 Å². The highest BCUT2D eigenvalue weighted by Crippen LogP contribution is 2.37. The van der Waals surface area contributed by atoms with E-state index in [0.717, 1.165) is 17.7 Å². The van der Waals surface area contributed by atoms with Crippen LogP contribution in [0, 0.1) is 17.4 Å². The van der Waals surface area contributed by atoms with E-state index in [2.05, 4.69) is 0 Å². The van der Waals surface area contributed by atoms with E-state index in [1.807, 2.05) is 6.19 Å². The molecule has 1 aromatic rings. The summed E-state index contributed by atoms with van der Waals surface area (Å²) in [4.78, 5) is 25.9. The Labute approximate surface area is 134 Å². The topological polar surface area (TPSA) is 87.2 Å². The van der Waals surface area contributed by atoms with Crippen molar-refractivity contribution in [1.82, 2.24) is 4.90 Å². The van der Waals surface area contributed by atoms with Crippen LogP contribution in [0.5, 0.6) is 0 Å². The SMILES string of the molecule is CN(C#N)C(=O)[C@H](CC1CCCCC1)c1sccc1C(N)=O.